The highest BCUT2D eigenvalue weighted by atomic mass is 79.9. The van der Waals surface area contributed by atoms with Gasteiger partial charge >= 0.3 is 5.97 Å². The number of hydrogen-bond donors (Lipinski definition) is 1. The molecule has 4 rings (SSSR count). The maximum atomic E-state index is 13.7. The third-order valence-corrected chi connectivity index (χ3v) is 6.79. The molecule has 0 bridgehead atoms. The van der Waals surface area contributed by atoms with Gasteiger partial charge in [0.05, 0.1) is 19.2 Å². The van der Waals surface area contributed by atoms with Crippen LogP contribution in [0.2, 0.25) is 0 Å². The van der Waals surface area contributed by atoms with E-state index in [4.69, 9.17) is 4.74 Å². The van der Waals surface area contributed by atoms with E-state index < -0.39 is 29.6 Å². The summed E-state index contributed by atoms with van der Waals surface area (Å²) in [6.07, 6.45) is 3.22. The molecule has 3 unspecified atom stereocenters. The SMILES string of the molecule is COC(=O)[C@@H]1CC2CC2C[C@H]1C(=O)C(NC(=O)c1ccc(F)cn1)c1ccc(Br)cc1. The number of nitrogens with one attached hydrogen (secondary N) is 1. The summed E-state index contributed by atoms with van der Waals surface area (Å²) in [5.74, 6) is -1.89. The number of carbonyl (C=O) groups is 3. The highest BCUT2D eigenvalue weighted by Crippen LogP contribution is 2.54. The fourth-order valence-corrected chi connectivity index (χ4v) is 4.76. The summed E-state index contributed by atoms with van der Waals surface area (Å²) in [5, 5.41) is 2.75. The number of fused-ring (bicyclic) bond motifs is 1. The van der Waals surface area contributed by atoms with Crippen LogP contribution in [0.25, 0.3) is 0 Å². The molecular formula is C23H22BrFN2O4. The van der Waals surface area contributed by atoms with Crippen molar-refractivity contribution >= 4 is 33.6 Å². The summed E-state index contributed by atoms with van der Waals surface area (Å²) in [5.41, 5.74) is 0.608. The lowest BCUT2D eigenvalue weighted by atomic mass is 9.74. The molecule has 5 atom stereocenters. The number of ether oxygens (including phenoxy) is 1. The van der Waals surface area contributed by atoms with Gasteiger partial charge in [0.15, 0.2) is 5.78 Å². The number of Topliss-reactive ketones (excluding diaryl/α,β-unsaturated/α-hetero) is 1. The quantitative estimate of drug-likeness (QED) is 0.624. The molecule has 162 valence electrons. The van der Waals surface area contributed by atoms with E-state index in [0.29, 0.717) is 30.2 Å². The second kappa shape index (κ2) is 8.86. The Bertz CT molecular complexity index is 996. The predicted octanol–water partition coefficient (Wildman–Crippen LogP) is 3.86. The van der Waals surface area contributed by atoms with Crippen LogP contribution in [-0.2, 0) is 14.3 Å². The number of halogens is 2. The summed E-state index contributed by atoms with van der Waals surface area (Å²) >= 11 is 3.37. The van der Waals surface area contributed by atoms with Gasteiger partial charge in [-0.1, -0.05) is 28.1 Å². The molecule has 2 aromatic rings. The highest BCUT2D eigenvalue weighted by Gasteiger charge is 2.52. The van der Waals surface area contributed by atoms with E-state index in [1.54, 1.807) is 24.3 Å². The van der Waals surface area contributed by atoms with E-state index in [2.05, 4.69) is 26.2 Å². The van der Waals surface area contributed by atoms with Gasteiger partial charge in [0.1, 0.15) is 17.6 Å². The fraction of sp³-hybridized carbons (Fsp3) is 0.391. The number of esters is 1. The number of carbonyl (C=O) groups excluding carboxylic acids is 3. The van der Waals surface area contributed by atoms with Crippen LogP contribution in [0, 0.1) is 29.5 Å². The van der Waals surface area contributed by atoms with E-state index in [1.807, 2.05) is 0 Å². The van der Waals surface area contributed by atoms with Crippen molar-refractivity contribution in [1.82, 2.24) is 10.3 Å². The van der Waals surface area contributed by atoms with Gasteiger partial charge in [-0.25, -0.2) is 9.37 Å². The van der Waals surface area contributed by atoms with Crippen molar-refractivity contribution < 1.29 is 23.5 Å². The minimum Gasteiger partial charge on any atom is -0.469 e. The second-order valence-electron chi connectivity index (χ2n) is 8.19. The van der Waals surface area contributed by atoms with Crippen LogP contribution >= 0.6 is 15.9 Å². The lowest BCUT2D eigenvalue weighted by Gasteiger charge is -2.31. The molecule has 2 saturated carbocycles. The van der Waals surface area contributed by atoms with Gasteiger partial charge < -0.3 is 10.1 Å². The predicted molar refractivity (Wildman–Crippen MR) is 113 cm³/mol. The van der Waals surface area contributed by atoms with Crippen molar-refractivity contribution in [2.75, 3.05) is 7.11 Å². The lowest BCUT2D eigenvalue weighted by molar-refractivity contribution is -0.152. The molecule has 2 aliphatic rings. The minimum absolute atomic E-state index is 0.00623. The van der Waals surface area contributed by atoms with E-state index in [1.165, 1.54) is 13.2 Å². The molecular weight excluding hydrogens is 467 g/mol. The molecule has 1 heterocycles. The molecule has 31 heavy (non-hydrogen) atoms. The highest BCUT2D eigenvalue weighted by molar-refractivity contribution is 9.10. The Hall–Kier alpha value is -2.61. The lowest BCUT2D eigenvalue weighted by Crippen LogP contribution is -2.42. The average Bonchev–Trinajstić information content (AvgIpc) is 3.55. The van der Waals surface area contributed by atoms with Gasteiger partial charge in [-0.05, 0) is 60.9 Å². The standard InChI is InChI=1S/C23H22BrFN2O4/c1-31-23(30)18-10-14-8-13(14)9-17(18)21(28)20(12-2-4-15(24)5-3-12)27-22(29)19-7-6-16(25)11-26-19/h2-7,11,13-14,17-18,20H,8-10H2,1H3,(H,27,29)/t13?,14?,17-,18-,20?/m1/s1. The van der Waals surface area contributed by atoms with Gasteiger partial charge in [-0.3, -0.25) is 14.4 Å². The van der Waals surface area contributed by atoms with E-state index in [9.17, 15) is 18.8 Å². The molecule has 2 fully saturated rings. The van der Waals surface area contributed by atoms with Crippen molar-refractivity contribution in [2.24, 2.45) is 23.7 Å². The van der Waals surface area contributed by atoms with Crippen LogP contribution in [0.5, 0.6) is 0 Å². The van der Waals surface area contributed by atoms with Crippen LogP contribution in [0.15, 0.2) is 47.1 Å². The molecule has 8 heteroatoms. The topological polar surface area (TPSA) is 85.4 Å². The van der Waals surface area contributed by atoms with Gasteiger partial charge in [0.2, 0.25) is 0 Å². The number of aromatic nitrogens is 1. The molecule has 1 N–H and O–H groups in total. The fourth-order valence-electron chi connectivity index (χ4n) is 4.50. The summed E-state index contributed by atoms with van der Waals surface area (Å²) in [4.78, 5) is 42.7. The van der Waals surface area contributed by atoms with Crippen molar-refractivity contribution in [3.8, 4) is 0 Å². The molecule has 0 aliphatic heterocycles. The first-order valence-electron chi connectivity index (χ1n) is 10.2. The smallest absolute Gasteiger partial charge is 0.309 e. The molecule has 1 amide bonds. The Balaban J connectivity index is 1.63. The van der Waals surface area contributed by atoms with Crippen LogP contribution in [0.1, 0.15) is 41.4 Å². The third-order valence-electron chi connectivity index (χ3n) is 6.26. The molecule has 0 radical (unpaired) electrons. The maximum absolute atomic E-state index is 13.7. The number of ketones is 1. The number of pyridine rings is 1. The first kappa shape index (κ1) is 21.6. The molecule has 6 nitrogen and oxygen atoms in total. The number of methoxy groups -OCH3 is 1. The van der Waals surface area contributed by atoms with Crippen molar-refractivity contribution in [2.45, 2.75) is 25.3 Å². The Morgan fingerprint density at radius 2 is 1.74 bits per heavy atom. The zero-order chi connectivity index (χ0) is 22.1. The summed E-state index contributed by atoms with van der Waals surface area (Å²) in [7, 11) is 1.33. The van der Waals surface area contributed by atoms with Gasteiger partial charge in [-0.2, -0.15) is 0 Å². The van der Waals surface area contributed by atoms with Gasteiger partial charge in [0, 0.05) is 10.4 Å². The van der Waals surface area contributed by atoms with E-state index in [0.717, 1.165) is 23.2 Å². The minimum atomic E-state index is -0.958. The maximum Gasteiger partial charge on any atom is 0.309 e. The summed E-state index contributed by atoms with van der Waals surface area (Å²) in [6.45, 7) is 0. The number of nitrogens with zero attached hydrogens (tertiary/aromatic N) is 1. The van der Waals surface area contributed by atoms with Crippen molar-refractivity contribution in [3.05, 3.63) is 64.1 Å². The average molecular weight is 489 g/mol. The Morgan fingerprint density at radius 3 is 2.35 bits per heavy atom. The number of rotatable bonds is 6. The zero-order valence-corrected chi connectivity index (χ0v) is 18.5. The van der Waals surface area contributed by atoms with Crippen LogP contribution in [0.3, 0.4) is 0 Å². The molecule has 2 aliphatic carbocycles. The molecule has 1 aromatic carbocycles. The molecule has 0 spiro atoms. The number of amides is 1. The van der Waals surface area contributed by atoms with E-state index >= 15 is 0 Å². The molecule has 1 aromatic heterocycles. The first-order chi connectivity index (χ1) is 14.9. The Kier molecular flexibility index (Phi) is 6.18. The van der Waals surface area contributed by atoms with Gasteiger partial charge in [0.25, 0.3) is 5.91 Å². The summed E-state index contributed by atoms with van der Waals surface area (Å²) < 4.78 is 19.0. The number of benzene rings is 1. The number of hydrogen-bond acceptors (Lipinski definition) is 5. The Labute approximate surface area is 187 Å². The van der Waals surface area contributed by atoms with Crippen molar-refractivity contribution in [3.63, 3.8) is 0 Å². The van der Waals surface area contributed by atoms with Crippen LogP contribution < -0.4 is 5.32 Å². The van der Waals surface area contributed by atoms with Gasteiger partial charge in [-0.15, -0.1) is 0 Å². The van der Waals surface area contributed by atoms with Crippen molar-refractivity contribution in [1.29, 1.82) is 0 Å². The largest absolute Gasteiger partial charge is 0.469 e. The normalized spacial score (nSPS) is 25.1. The summed E-state index contributed by atoms with van der Waals surface area (Å²) in [6, 6.07) is 8.52. The van der Waals surface area contributed by atoms with E-state index in [-0.39, 0.29) is 17.4 Å². The van der Waals surface area contributed by atoms with Crippen LogP contribution in [-0.4, -0.2) is 29.8 Å². The molecule has 0 saturated heterocycles. The van der Waals surface area contributed by atoms with Crippen LogP contribution in [0.4, 0.5) is 4.39 Å². The first-order valence-corrected chi connectivity index (χ1v) is 11.0. The third kappa shape index (κ3) is 4.69. The Morgan fingerprint density at radius 1 is 1.06 bits per heavy atom. The zero-order valence-electron chi connectivity index (χ0n) is 16.9. The second-order valence-corrected chi connectivity index (χ2v) is 9.10. The monoisotopic (exact) mass is 488 g/mol.